The van der Waals surface area contributed by atoms with Gasteiger partial charge in [-0.05, 0) is 31.0 Å². The lowest BCUT2D eigenvalue weighted by Gasteiger charge is -2.24. The summed E-state index contributed by atoms with van der Waals surface area (Å²) in [6, 6.07) is 8.11. The van der Waals surface area contributed by atoms with Gasteiger partial charge in [0, 0.05) is 29.7 Å². The van der Waals surface area contributed by atoms with E-state index in [-0.39, 0.29) is 6.42 Å². The van der Waals surface area contributed by atoms with E-state index >= 15 is 0 Å². The lowest BCUT2D eigenvalue weighted by Crippen LogP contribution is -2.25. The molecule has 0 spiro atoms. The van der Waals surface area contributed by atoms with Crippen LogP contribution < -0.4 is 4.90 Å². The largest absolute Gasteiger partial charge is 0.481 e. The van der Waals surface area contributed by atoms with Crippen LogP contribution in [0.1, 0.15) is 26.2 Å². The molecule has 0 aromatic heterocycles. The molecule has 1 N–H and O–H groups in total. The van der Waals surface area contributed by atoms with Crippen LogP contribution in [-0.2, 0) is 4.79 Å². The quantitative estimate of drug-likeness (QED) is 0.837. The van der Waals surface area contributed by atoms with Crippen LogP contribution in [0.2, 0.25) is 0 Å². The summed E-state index contributed by atoms with van der Waals surface area (Å²) in [4.78, 5) is 12.7. The number of rotatable bonds is 7. The molecule has 0 fully saturated rings. The summed E-state index contributed by atoms with van der Waals surface area (Å²) in [5.74, 6) is -0.726. The minimum Gasteiger partial charge on any atom is -0.481 e. The fraction of sp³-hybridized carbons (Fsp3) is 0.462. The van der Waals surface area contributed by atoms with Crippen LogP contribution in [0.15, 0.2) is 28.7 Å². The normalized spacial score (nSPS) is 10.2. The highest BCUT2D eigenvalue weighted by Gasteiger charge is 2.06. The van der Waals surface area contributed by atoms with Gasteiger partial charge in [-0.3, -0.25) is 4.79 Å². The number of nitrogens with zero attached hydrogens (tertiary/aromatic N) is 1. The molecule has 0 aliphatic heterocycles. The fourth-order valence-electron chi connectivity index (χ4n) is 1.73. The van der Waals surface area contributed by atoms with E-state index in [0.717, 1.165) is 29.7 Å². The van der Waals surface area contributed by atoms with Crippen molar-refractivity contribution in [2.45, 2.75) is 26.2 Å². The molecule has 1 aromatic carbocycles. The summed E-state index contributed by atoms with van der Waals surface area (Å²) in [5.41, 5.74) is 1.15. The number of carbonyl (C=O) groups is 1. The number of aliphatic carboxylic acids is 1. The molecule has 17 heavy (non-hydrogen) atoms. The topological polar surface area (TPSA) is 40.5 Å². The van der Waals surface area contributed by atoms with Crippen molar-refractivity contribution in [1.29, 1.82) is 0 Å². The molecule has 0 aliphatic rings. The number of carboxylic acids is 1. The number of carboxylic acid groups (broad SMARTS) is 1. The number of halogens is 1. The van der Waals surface area contributed by atoms with Crippen molar-refractivity contribution < 1.29 is 9.90 Å². The third-order valence-corrected chi connectivity index (χ3v) is 2.98. The summed E-state index contributed by atoms with van der Waals surface area (Å²) in [6.07, 6.45) is 1.97. The zero-order chi connectivity index (χ0) is 12.7. The van der Waals surface area contributed by atoms with Crippen LogP contribution in [0.25, 0.3) is 0 Å². The predicted octanol–water partition coefficient (Wildman–Crippen LogP) is 3.53. The molecule has 0 radical (unpaired) electrons. The second kappa shape index (κ2) is 7.33. The molecule has 1 rings (SSSR count). The van der Waals surface area contributed by atoms with Crippen molar-refractivity contribution >= 4 is 27.6 Å². The van der Waals surface area contributed by atoms with Crippen molar-refractivity contribution in [3.63, 3.8) is 0 Å². The average molecular weight is 300 g/mol. The number of hydrogen-bond donors (Lipinski definition) is 1. The lowest BCUT2D eigenvalue weighted by molar-refractivity contribution is -0.137. The first-order chi connectivity index (χ1) is 8.13. The van der Waals surface area contributed by atoms with E-state index in [1.54, 1.807) is 0 Å². The van der Waals surface area contributed by atoms with Crippen molar-refractivity contribution in [3.8, 4) is 0 Å². The lowest BCUT2D eigenvalue weighted by atomic mass is 10.2. The third kappa shape index (κ3) is 5.22. The molecule has 94 valence electrons. The Balaban J connectivity index is 2.61. The van der Waals surface area contributed by atoms with Crippen molar-refractivity contribution in [2.75, 3.05) is 18.0 Å². The highest BCUT2D eigenvalue weighted by Crippen LogP contribution is 2.20. The summed E-state index contributed by atoms with van der Waals surface area (Å²) in [6.45, 7) is 3.87. The van der Waals surface area contributed by atoms with Crippen molar-refractivity contribution in [2.24, 2.45) is 0 Å². The van der Waals surface area contributed by atoms with Crippen molar-refractivity contribution in [1.82, 2.24) is 0 Å². The second-order valence-electron chi connectivity index (χ2n) is 3.96. The smallest absolute Gasteiger partial charge is 0.303 e. The van der Waals surface area contributed by atoms with E-state index in [2.05, 4.69) is 39.9 Å². The van der Waals surface area contributed by atoms with E-state index in [1.807, 2.05) is 12.1 Å². The maximum absolute atomic E-state index is 10.5. The Morgan fingerprint density at radius 3 is 2.76 bits per heavy atom. The van der Waals surface area contributed by atoms with Crippen LogP contribution in [-0.4, -0.2) is 24.2 Å². The van der Waals surface area contributed by atoms with Crippen LogP contribution in [0.3, 0.4) is 0 Å². The minimum absolute atomic E-state index is 0.230. The van der Waals surface area contributed by atoms with E-state index < -0.39 is 5.97 Å². The highest BCUT2D eigenvalue weighted by atomic mass is 79.9. The molecule has 4 heteroatoms. The van der Waals surface area contributed by atoms with Crippen molar-refractivity contribution in [3.05, 3.63) is 28.7 Å². The van der Waals surface area contributed by atoms with Gasteiger partial charge < -0.3 is 10.0 Å². The predicted molar refractivity (Wildman–Crippen MR) is 73.5 cm³/mol. The first kappa shape index (κ1) is 14.0. The molecule has 0 unspecified atom stereocenters. The molecule has 0 aliphatic carbocycles. The highest BCUT2D eigenvalue weighted by molar-refractivity contribution is 9.10. The number of anilines is 1. The molecule has 0 saturated carbocycles. The molecule has 0 saturated heterocycles. The Labute approximate surface area is 111 Å². The van der Waals surface area contributed by atoms with Gasteiger partial charge in [-0.15, -0.1) is 0 Å². The molecule has 1 aromatic rings. The van der Waals surface area contributed by atoms with Gasteiger partial charge in [-0.25, -0.2) is 0 Å². The fourth-order valence-corrected chi connectivity index (χ4v) is 2.12. The van der Waals surface area contributed by atoms with Gasteiger partial charge in [0.1, 0.15) is 0 Å². The summed E-state index contributed by atoms with van der Waals surface area (Å²) >= 11 is 3.45. The maximum atomic E-state index is 10.5. The standard InChI is InChI=1S/C13H18BrNO2/c1-2-8-15(9-4-7-13(16)17)12-6-3-5-11(14)10-12/h3,5-6,10H,2,4,7-9H2,1H3,(H,16,17). The van der Waals surface area contributed by atoms with E-state index in [0.29, 0.717) is 6.42 Å². The third-order valence-electron chi connectivity index (χ3n) is 2.49. The van der Waals surface area contributed by atoms with Crippen LogP contribution in [0.4, 0.5) is 5.69 Å². The van der Waals surface area contributed by atoms with Gasteiger partial charge >= 0.3 is 5.97 Å². The van der Waals surface area contributed by atoms with Gasteiger partial charge in [-0.1, -0.05) is 28.9 Å². The zero-order valence-corrected chi connectivity index (χ0v) is 11.6. The second-order valence-corrected chi connectivity index (χ2v) is 4.88. The molecular formula is C13H18BrNO2. The molecule has 3 nitrogen and oxygen atoms in total. The van der Waals surface area contributed by atoms with Gasteiger partial charge in [0.25, 0.3) is 0 Å². The van der Waals surface area contributed by atoms with E-state index in [1.165, 1.54) is 0 Å². The molecule has 0 amide bonds. The van der Waals surface area contributed by atoms with Gasteiger partial charge in [0.2, 0.25) is 0 Å². The monoisotopic (exact) mass is 299 g/mol. The summed E-state index contributed by atoms with van der Waals surface area (Å²) in [7, 11) is 0. The van der Waals surface area contributed by atoms with Crippen LogP contribution in [0, 0.1) is 0 Å². The Morgan fingerprint density at radius 1 is 1.41 bits per heavy atom. The van der Waals surface area contributed by atoms with E-state index in [4.69, 9.17) is 5.11 Å². The summed E-state index contributed by atoms with van der Waals surface area (Å²) in [5, 5.41) is 8.64. The van der Waals surface area contributed by atoms with Gasteiger partial charge in [0.15, 0.2) is 0 Å². The zero-order valence-electron chi connectivity index (χ0n) is 10.0. The van der Waals surface area contributed by atoms with Crippen LogP contribution >= 0.6 is 15.9 Å². The molecule has 0 heterocycles. The van der Waals surface area contributed by atoms with E-state index in [9.17, 15) is 4.79 Å². The van der Waals surface area contributed by atoms with Gasteiger partial charge in [0.05, 0.1) is 0 Å². The molecular weight excluding hydrogens is 282 g/mol. The SMILES string of the molecule is CCCN(CCCC(=O)O)c1cccc(Br)c1. The molecule has 0 atom stereocenters. The Hall–Kier alpha value is -1.03. The Bertz CT molecular complexity index is 368. The first-order valence-electron chi connectivity index (χ1n) is 5.85. The minimum atomic E-state index is -0.726. The first-order valence-corrected chi connectivity index (χ1v) is 6.65. The Morgan fingerprint density at radius 2 is 2.18 bits per heavy atom. The summed E-state index contributed by atoms with van der Waals surface area (Å²) < 4.78 is 1.05. The van der Waals surface area contributed by atoms with Gasteiger partial charge in [-0.2, -0.15) is 0 Å². The Kier molecular flexibility index (Phi) is 6.05. The number of benzene rings is 1. The average Bonchev–Trinajstić information content (AvgIpc) is 2.27. The number of hydrogen-bond acceptors (Lipinski definition) is 2. The maximum Gasteiger partial charge on any atom is 0.303 e. The molecule has 0 bridgehead atoms. The van der Waals surface area contributed by atoms with Crippen LogP contribution in [0.5, 0.6) is 0 Å².